The van der Waals surface area contributed by atoms with Gasteiger partial charge in [-0.25, -0.2) is 4.98 Å². The number of rotatable bonds is 4. The molecule has 0 saturated carbocycles. The average molecular weight is 498 g/mol. The van der Waals surface area contributed by atoms with Gasteiger partial charge in [0, 0.05) is 10.6 Å². The SMILES string of the molecule is COc1c(Cl)cc(Cl)cc1C(=O)Nc1cc(-c2nc3ccccc3s2)c(Cl)cc1Cl. The van der Waals surface area contributed by atoms with E-state index in [1.807, 2.05) is 24.3 Å². The van der Waals surface area contributed by atoms with Crippen molar-refractivity contribution in [2.24, 2.45) is 0 Å². The van der Waals surface area contributed by atoms with Gasteiger partial charge in [0.1, 0.15) is 10.8 Å². The summed E-state index contributed by atoms with van der Waals surface area (Å²) < 4.78 is 6.28. The van der Waals surface area contributed by atoms with E-state index in [0.29, 0.717) is 21.3 Å². The molecule has 0 unspecified atom stereocenters. The average Bonchev–Trinajstić information content (AvgIpc) is 3.13. The van der Waals surface area contributed by atoms with Crippen molar-refractivity contribution in [3.63, 3.8) is 0 Å². The minimum atomic E-state index is -0.476. The molecule has 30 heavy (non-hydrogen) atoms. The second-order valence-corrected chi connectivity index (χ2v) is 8.91. The van der Waals surface area contributed by atoms with Gasteiger partial charge in [-0.2, -0.15) is 0 Å². The first kappa shape index (κ1) is 21.2. The van der Waals surface area contributed by atoms with Crippen molar-refractivity contribution in [1.29, 1.82) is 0 Å². The van der Waals surface area contributed by atoms with Crippen molar-refractivity contribution < 1.29 is 9.53 Å². The van der Waals surface area contributed by atoms with Crippen LogP contribution in [-0.2, 0) is 0 Å². The van der Waals surface area contributed by atoms with Crippen molar-refractivity contribution >= 4 is 79.6 Å². The van der Waals surface area contributed by atoms with Gasteiger partial charge in [0.2, 0.25) is 0 Å². The zero-order chi connectivity index (χ0) is 21.4. The molecule has 0 aliphatic carbocycles. The Labute approximate surface area is 196 Å². The van der Waals surface area contributed by atoms with Crippen LogP contribution in [0.5, 0.6) is 5.75 Å². The number of benzene rings is 3. The Hall–Kier alpha value is -2.02. The molecule has 0 fully saturated rings. The van der Waals surface area contributed by atoms with E-state index in [1.54, 1.807) is 12.1 Å². The van der Waals surface area contributed by atoms with Crippen LogP contribution in [-0.4, -0.2) is 18.0 Å². The van der Waals surface area contributed by atoms with Gasteiger partial charge in [-0.15, -0.1) is 11.3 Å². The van der Waals surface area contributed by atoms with Gasteiger partial charge in [0.15, 0.2) is 0 Å². The maximum Gasteiger partial charge on any atom is 0.259 e. The number of fused-ring (bicyclic) bond motifs is 1. The Morgan fingerprint density at radius 1 is 1.00 bits per heavy atom. The molecule has 0 aliphatic rings. The molecule has 9 heteroatoms. The first-order valence-electron chi connectivity index (χ1n) is 8.56. The number of halogens is 4. The third-order valence-corrected chi connectivity index (χ3v) is 6.48. The fraction of sp³-hybridized carbons (Fsp3) is 0.0476. The molecule has 1 amide bonds. The Kier molecular flexibility index (Phi) is 6.09. The van der Waals surface area contributed by atoms with Crippen molar-refractivity contribution in [3.05, 3.63) is 74.2 Å². The lowest BCUT2D eigenvalue weighted by atomic mass is 10.1. The number of para-hydroxylation sites is 1. The zero-order valence-electron chi connectivity index (χ0n) is 15.3. The molecule has 4 nitrogen and oxygen atoms in total. The third kappa shape index (κ3) is 4.09. The largest absolute Gasteiger partial charge is 0.494 e. The first-order chi connectivity index (χ1) is 14.4. The van der Waals surface area contributed by atoms with E-state index in [0.717, 1.165) is 15.2 Å². The Balaban J connectivity index is 1.74. The molecular weight excluding hydrogens is 486 g/mol. The predicted molar refractivity (Wildman–Crippen MR) is 126 cm³/mol. The van der Waals surface area contributed by atoms with Crippen molar-refractivity contribution in [1.82, 2.24) is 4.98 Å². The topological polar surface area (TPSA) is 51.2 Å². The van der Waals surface area contributed by atoms with Crippen molar-refractivity contribution in [2.75, 3.05) is 12.4 Å². The molecular formula is C21H12Cl4N2O2S. The lowest BCUT2D eigenvalue weighted by Gasteiger charge is -2.13. The summed E-state index contributed by atoms with van der Waals surface area (Å²) in [5, 5.41) is 4.75. The highest BCUT2D eigenvalue weighted by Crippen LogP contribution is 2.39. The number of methoxy groups -OCH3 is 1. The van der Waals surface area contributed by atoms with Crippen LogP contribution >= 0.6 is 57.7 Å². The number of carbonyl (C=O) groups excluding carboxylic acids is 1. The molecule has 1 heterocycles. The Bertz CT molecular complexity index is 1260. The van der Waals surface area contributed by atoms with Gasteiger partial charge in [-0.1, -0.05) is 58.5 Å². The molecule has 0 atom stereocenters. The van der Waals surface area contributed by atoms with Crippen LogP contribution in [0.2, 0.25) is 20.1 Å². The predicted octanol–water partition coefficient (Wildman–Crippen LogP) is 7.84. The van der Waals surface area contributed by atoms with Crippen LogP contribution in [0.25, 0.3) is 20.8 Å². The van der Waals surface area contributed by atoms with Gasteiger partial charge < -0.3 is 10.1 Å². The number of nitrogens with one attached hydrogen (secondary N) is 1. The van der Waals surface area contributed by atoms with Crippen LogP contribution in [0.1, 0.15) is 10.4 Å². The van der Waals surface area contributed by atoms with Gasteiger partial charge in [0.25, 0.3) is 5.91 Å². The molecule has 0 aliphatic heterocycles. The highest BCUT2D eigenvalue weighted by Gasteiger charge is 2.20. The first-order valence-corrected chi connectivity index (χ1v) is 10.9. The monoisotopic (exact) mass is 496 g/mol. The molecule has 0 saturated heterocycles. The van der Waals surface area contributed by atoms with E-state index in [9.17, 15) is 4.79 Å². The summed E-state index contributed by atoms with van der Waals surface area (Å²) in [6.07, 6.45) is 0. The van der Waals surface area contributed by atoms with Crippen LogP contribution in [0.15, 0.2) is 48.5 Å². The summed E-state index contributed by atoms with van der Waals surface area (Å²) >= 11 is 26.4. The quantitative estimate of drug-likeness (QED) is 0.312. The summed E-state index contributed by atoms with van der Waals surface area (Å²) in [6, 6.07) is 14.0. The van der Waals surface area contributed by atoms with Gasteiger partial charge >= 0.3 is 0 Å². The molecule has 0 spiro atoms. The molecule has 4 aromatic rings. The Morgan fingerprint density at radius 2 is 1.77 bits per heavy atom. The maximum atomic E-state index is 12.9. The summed E-state index contributed by atoms with van der Waals surface area (Å²) in [7, 11) is 1.42. The molecule has 0 radical (unpaired) electrons. The number of thiazole rings is 1. The molecule has 1 N–H and O–H groups in total. The smallest absolute Gasteiger partial charge is 0.259 e. The van der Waals surface area contributed by atoms with E-state index < -0.39 is 5.91 Å². The summed E-state index contributed by atoms with van der Waals surface area (Å²) in [4.78, 5) is 17.5. The van der Waals surface area contributed by atoms with Crippen molar-refractivity contribution in [2.45, 2.75) is 0 Å². The number of ether oxygens (including phenoxy) is 1. The molecule has 3 aromatic carbocycles. The van der Waals surface area contributed by atoms with E-state index in [1.165, 1.54) is 30.6 Å². The fourth-order valence-corrected chi connectivity index (χ4v) is 5.06. The Morgan fingerprint density at radius 3 is 2.50 bits per heavy atom. The molecule has 152 valence electrons. The zero-order valence-corrected chi connectivity index (χ0v) is 19.1. The van der Waals surface area contributed by atoms with Gasteiger partial charge in [-0.3, -0.25) is 4.79 Å². The van der Waals surface area contributed by atoms with Gasteiger partial charge in [0.05, 0.1) is 43.6 Å². The van der Waals surface area contributed by atoms with Crippen LogP contribution in [0.4, 0.5) is 5.69 Å². The highest BCUT2D eigenvalue weighted by molar-refractivity contribution is 7.21. The van der Waals surface area contributed by atoms with E-state index in [2.05, 4.69) is 10.3 Å². The van der Waals surface area contributed by atoms with E-state index >= 15 is 0 Å². The van der Waals surface area contributed by atoms with Crippen LogP contribution in [0, 0.1) is 0 Å². The van der Waals surface area contributed by atoms with E-state index in [-0.39, 0.29) is 21.4 Å². The normalized spacial score (nSPS) is 11.0. The number of aromatic nitrogens is 1. The second kappa shape index (κ2) is 8.61. The summed E-state index contributed by atoms with van der Waals surface area (Å²) in [6.45, 7) is 0. The van der Waals surface area contributed by atoms with E-state index in [4.69, 9.17) is 51.1 Å². The number of anilines is 1. The number of nitrogens with zero attached hydrogens (tertiary/aromatic N) is 1. The van der Waals surface area contributed by atoms with Crippen LogP contribution < -0.4 is 10.1 Å². The number of hydrogen-bond acceptors (Lipinski definition) is 4. The lowest BCUT2D eigenvalue weighted by molar-refractivity contribution is 0.102. The second-order valence-electron chi connectivity index (χ2n) is 6.22. The van der Waals surface area contributed by atoms with Crippen molar-refractivity contribution in [3.8, 4) is 16.3 Å². The minimum Gasteiger partial charge on any atom is -0.494 e. The summed E-state index contributed by atoms with van der Waals surface area (Å²) in [5.74, 6) is -0.259. The third-order valence-electron chi connectivity index (χ3n) is 4.29. The fourth-order valence-electron chi connectivity index (χ4n) is 2.92. The summed E-state index contributed by atoms with van der Waals surface area (Å²) in [5.41, 5.74) is 2.09. The molecule has 1 aromatic heterocycles. The number of amides is 1. The number of carbonyl (C=O) groups is 1. The minimum absolute atomic E-state index is 0.183. The lowest BCUT2D eigenvalue weighted by Crippen LogP contribution is -2.14. The maximum absolute atomic E-state index is 12.9. The molecule has 0 bridgehead atoms. The highest BCUT2D eigenvalue weighted by atomic mass is 35.5. The standard InChI is InChI=1S/C21H12Cl4N2O2S/c1-29-19-12(6-10(22)7-15(19)25)20(28)26-17-8-11(13(23)9-14(17)24)21-27-16-4-2-3-5-18(16)30-21/h2-9H,1H3,(H,26,28). The molecule has 4 rings (SSSR count). The van der Waals surface area contributed by atoms with Gasteiger partial charge in [-0.05, 0) is 36.4 Å². The van der Waals surface area contributed by atoms with Crippen LogP contribution in [0.3, 0.4) is 0 Å². The number of hydrogen-bond donors (Lipinski definition) is 1.